The Hall–Kier alpha value is -1.51. The lowest BCUT2D eigenvalue weighted by Crippen LogP contribution is -2.49. The average molecular weight is 445 g/mol. The molecule has 0 radical (unpaired) electrons. The van der Waals surface area contributed by atoms with E-state index in [4.69, 9.17) is 4.74 Å². The molecule has 0 unspecified atom stereocenters. The molecule has 1 aliphatic heterocycles. The van der Waals surface area contributed by atoms with E-state index in [1.807, 2.05) is 27.7 Å². The molecule has 174 valence electrons. The number of hydrogen-bond acceptors (Lipinski definition) is 5. The second-order valence-electron chi connectivity index (χ2n) is 9.92. The molecule has 2 fully saturated rings. The van der Waals surface area contributed by atoms with Gasteiger partial charge in [0.05, 0.1) is 5.75 Å². The van der Waals surface area contributed by atoms with Crippen LogP contribution in [-0.2, 0) is 14.6 Å². The highest BCUT2D eigenvalue weighted by Gasteiger charge is 2.45. The van der Waals surface area contributed by atoms with Crippen LogP contribution in [0.5, 0.6) is 0 Å². The summed E-state index contributed by atoms with van der Waals surface area (Å²) in [7, 11) is -1.21. The standard InChI is InChI=1S/C21H40N4O4S/c1-7-24(19(26)29-20(2,3)4)14-17-8-12-25(13-9-17)18(22-5)23-15-21(10-11-21)16-30(6,27)28/h17H,7-16H2,1-6H3,(H,22,23). The Morgan fingerprint density at radius 3 is 2.30 bits per heavy atom. The summed E-state index contributed by atoms with van der Waals surface area (Å²) in [6, 6.07) is 0. The molecule has 2 aliphatic rings. The number of sulfone groups is 1. The highest BCUT2D eigenvalue weighted by molar-refractivity contribution is 7.90. The Balaban J connectivity index is 1.81. The van der Waals surface area contributed by atoms with Crippen LogP contribution in [0, 0.1) is 11.3 Å². The van der Waals surface area contributed by atoms with Crippen molar-refractivity contribution in [1.29, 1.82) is 0 Å². The first kappa shape index (κ1) is 24.8. The number of hydrogen-bond donors (Lipinski definition) is 1. The highest BCUT2D eigenvalue weighted by atomic mass is 32.2. The zero-order valence-corrected chi connectivity index (χ0v) is 20.3. The first-order chi connectivity index (χ1) is 13.9. The van der Waals surface area contributed by atoms with Crippen molar-refractivity contribution in [3.05, 3.63) is 0 Å². The van der Waals surface area contributed by atoms with E-state index < -0.39 is 15.4 Å². The van der Waals surface area contributed by atoms with Gasteiger partial charge in [-0.15, -0.1) is 0 Å². The molecule has 0 aromatic carbocycles. The number of piperidine rings is 1. The van der Waals surface area contributed by atoms with E-state index in [9.17, 15) is 13.2 Å². The topological polar surface area (TPSA) is 91.3 Å². The molecular weight excluding hydrogens is 404 g/mol. The van der Waals surface area contributed by atoms with E-state index in [-0.39, 0.29) is 17.3 Å². The SMILES string of the molecule is CCN(CC1CCN(C(=NC)NCC2(CS(C)(=O)=O)CC2)CC1)C(=O)OC(C)(C)C. The van der Waals surface area contributed by atoms with Gasteiger partial charge in [-0.2, -0.15) is 0 Å². The van der Waals surface area contributed by atoms with E-state index in [2.05, 4.69) is 15.2 Å². The maximum Gasteiger partial charge on any atom is 0.410 e. The van der Waals surface area contributed by atoms with Crippen molar-refractivity contribution in [3.8, 4) is 0 Å². The van der Waals surface area contributed by atoms with Crippen LogP contribution in [0.15, 0.2) is 4.99 Å². The summed E-state index contributed by atoms with van der Waals surface area (Å²) in [4.78, 5) is 20.8. The number of rotatable bonds is 7. The number of carbonyl (C=O) groups is 1. The normalized spacial score (nSPS) is 20.1. The van der Waals surface area contributed by atoms with Gasteiger partial charge in [-0.1, -0.05) is 0 Å². The fourth-order valence-electron chi connectivity index (χ4n) is 4.00. The van der Waals surface area contributed by atoms with Gasteiger partial charge in [0.15, 0.2) is 5.96 Å². The Kier molecular flexibility index (Phi) is 8.04. The summed E-state index contributed by atoms with van der Waals surface area (Å²) >= 11 is 0. The molecular formula is C21H40N4O4S. The lowest BCUT2D eigenvalue weighted by molar-refractivity contribution is 0.0214. The minimum Gasteiger partial charge on any atom is -0.444 e. The Bertz CT molecular complexity index is 718. The van der Waals surface area contributed by atoms with Crippen LogP contribution in [0.1, 0.15) is 53.4 Å². The largest absolute Gasteiger partial charge is 0.444 e. The number of nitrogens with one attached hydrogen (secondary N) is 1. The van der Waals surface area contributed by atoms with Crippen molar-refractivity contribution < 1.29 is 17.9 Å². The maximum atomic E-state index is 12.4. The minimum absolute atomic E-state index is 0.128. The molecule has 9 heteroatoms. The fraction of sp³-hybridized carbons (Fsp3) is 0.905. The molecule has 30 heavy (non-hydrogen) atoms. The van der Waals surface area contributed by atoms with Crippen molar-refractivity contribution in [2.75, 3.05) is 51.8 Å². The van der Waals surface area contributed by atoms with Crippen LogP contribution in [-0.4, -0.2) is 87.7 Å². The number of aliphatic imine (C=N–C) groups is 1. The van der Waals surface area contributed by atoms with E-state index in [0.29, 0.717) is 25.6 Å². The van der Waals surface area contributed by atoms with Crippen molar-refractivity contribution >= 4 is 21.9 Å². The molecule has 0 aromatic rings. The molecule has 1 saturated carbocycles. The molecule has 1 N–H and O–H groups in total. The molecule has 1 heterocycles. The molecule has 8 nitrogen and oxygen atoms in total. The van der Waals surface area contributed by atoms with Crippen LogP contribution in [0.4, 0.5) is 4.79 Å². The third-order valence-electron chi connectivity index (χ3n) is 5.78. The first-order valence-electron chi connectivity index (χ1n) is 11.0. The van der Waals surface area contributed by atoms with Gasteiger partial charge in [0.25, 0.3) is 0 Å². The molecule has 0 atom stereocenters. The zero-order valence-electron chi connectivity index (χ0n) is 19.5. The number of amides is 1. The van der Waals surface area contributed by atoms with Crippen LogP contribution in [0.2, 0.25) is 0 Å². The predicted molar refractivity (Wildman–Crippen MR) is 121 cm³/mol. The lowest BCUT2D eigenvalue weighted by Gasteiger charge is -2.37. The number of carbonyl (C=O) groups excluding carboxylic acids is 1. The lowest BCUT2D eigenvalue weighted by atomic mass is 9.96. The Morgan fingerprint density at radius 1 is 1.27 bits per heavy atom. The summed E-state index contributed by atoms with van der Waals surface area (Å²) < 4.78 is 28.9. The number of ether oxygens (including phenoxy) is 1. The average Bonchev–Trinajstić information content (AvgIpc) is 3.37. The summed E-state index contributed by atoms with van der Waals surface area (Å²) in [6.07, 6.45) is 4.92. The smallest absolute Gasteiger partial charge is 0.410 e. The van der Waals surface area contributed by atoms with E-state index >= 15 is 0 Å². The van der Waals surface area contributed by atoms with Gasteiger partial charge < -0.3 is 19.9 Å². The summed E-state index contributed by atoms with van der Waals surface area (Å²) in [5.74, 6) is 1.52. The third-order valence-corrected chi connectivity index (χ3v) is 6.92. The van der Waals surface area contributed by atoms with Gasteiger partial charge >= 0.3 is 6.09 Å². The zero-order chi connectivity index (χ0) is 22.6. The van der Waals surface area contributed by atoms with Crippen LogP contribution >= 0.6 is 0 Å². The van der Waals surface area contributed by atoms with Gasteiger partial charge in [-0.3, -0.25) is 4.99 Å². The van der Waals surface area contributed by atoms with Crippen molar-refractivity contribution in [3.63, 3.8) is 0 Å². The monoisotopic (exact) mass is 444 g/mol. The summed E-state index contributed by atoms with van der Waals surface area (Å²) in [5.41, 5.74) is -0.612. The van der Waals surface area contributed by atoms with Crippen molar-refractivity contribution in [1.82, 2.24) is 15.1 Å². The van der Waals surface area contributed by atoms with Crippen LogP contribution in [0.3, 0.4) is 0 Å². The Morgan fingerprint density at radius 2 is 1.87 bits per heavy atom. The summed E-state index contributed by atoms with van der Waals surface area (Å²) in [6.45, 7) is 11.4. The molecule has 1 aliphatic carbocycles. The minimum atomic E-state index is -2.97. The van der Waals surface area contributed by atoms with Crippen LogP contribution < -0.4 is 5.32 Å². The van der Waals surface area contributed by atoms with Crippen molar-refractivity contribution in [2.24, 2.45) is 16.3 Å². The quantitative estimate of drug-likeness (QED) is 0.479. The van der Waals surface area contributed by atoms with Gasteiger partial charge in [0.1, 0.15) is 15.4 Å². The third kappa shape index (κ3) is 7.96. The molecule has 0 spiro atoms. The molecule has 0 bridgehead atoms. The molecule has 1 amide bonds. The highest BCUT2D eigenvalue weighted by Crippen LogP contribution is 2.46. The van der Waals surface area contributed by atoms with Gasteiger partial charge in [-0.05, 0) is 59.3 Å². The summed E-state index contributed by atoms with van der Waals surface area (Å²) in [5, 5.41) is 3.40. The predicted octanol–water partition coefficient (Wildman–Crippen LogP) is 2.36. The fourth-order valence-corrected chi connectivity index (χ4v) is 5.51. The van der Waals surface area contributed by atoms with Gasteiger partial charge in [0.2, 0.25) is 0 Å². The second-order valence-corrected chi connectivity index (χ2v) is 12.1. The van der Waals surface area contributed by atoms with E-state index in [1.54, 1.807) is 11.9 Å². The van der Waals surface area contributed by atoms with E-state index in [0.717, 1.165) is 44.7 Å². The number of nitrogens with zero attached hydrogens (tertiary/aromatic N) is 3. The number of guanidine groups is 1. The second kappa shape index (κ2) is 9.75. The van der Waals surface area contributed by atoms with Crippen LogP contribution in [0.25, 0.3) is 0 Å². The molecule has 0 aromatic heterocycles. The first-order valence-corrected chi connectivity index (χ1v) is 13.0. The van der Waals surface area contributed by atoms with Gasteiger partial charge in [0, 0.05) is 51.4 Å². The number of likely N-dealkylation sites (tertiary alicyclic amines) is 1. The maximum absolute atomic E-state index is 12.4. The van der Waals surface area contributed by atoms with Crippen molar-refractivity contribution in [2.45, 2.75) is 59.0 Å². The molecule has 1 saturated heterocycles. The van der Waals surface area contributed by atoms with Gasteiger partial charge in [-0.25, -0.2) is 13.2 Å². The Labute approximate surface area is 182 Å². The molecule has 2 rings (SSSR count). The van der Waals surface area contributed by atoms with E-state index in [1.165, 1.54) is 6.26 Å².